The molecule has 1 heterocycles. The third kappa shape index (κ3) is 4.14. The predicted molar refractivity (Wildman–Crippen MR) is 61.3 cm³/mol. The van der Waals surface area contributed by atoms with E-state index >= 15 is 0 Å². The molecule has 1 atom stereocenters. The Hall–Kier alpha value is -0.670. The molecule has 1 unspecified atom stereocenters. The molecule has 0 bridgehead atoms. The lowest BCUT2D eigenvalue weighted by Gasteiger charge is -2.09. The normalized spacial score (nSPS) is 13.1. The van der Waals surface area contributed by atoms with Crippen LogP contribution in [0.4, 0.5) is 0 Å². The zero-order valence-electron chi connectivity index (χ0n) is 9.40. The Morgan fingerprint density at radius 2 is 2.13 bits per heavy atom. The zero-order valence-corrected chi connectivity index (χ0v) is 10.2. The van der Waals surface area contributed by atoms with Crippen LogP contribution in [0.5, 0.6) is 0 Å². The minimum atomic E-state index is -0.0232. The molecule has 0 fully saturated rings. The molecule has 0 saturated carbocycles. The van der Waals surface area contributed by atoms with E-state index in [1.165, 1.54) is 0 Å². The lowest BCUT2D eigenvalue weighted by molar-refractivity contribution is 0.197. The molecule has 1 aromatic heterocycles. The highest BCUT2D eigenvalue weighted by atomic mass is 35.5. The molecule has 15 heavy (non-hydrogen) atoms. The SMILES string of the molecule is COCC(Cl)Cc1cc(C(C)C)ncn1. The van der Waals surface area contributed by atoms with Crippen LogP contribution in [0, 0.1) is 0 Å². The van der Waals surface area contributed by atoms with Crippen molar-refractivity contribution in [2.75, 3.05) is 13.7 Å². The maximum Gasteiger partial charge on any atom is 0.115 e. The van der Waals surface area contributed by atoms with Gasteiger partial charge in [0.25, 0.3) is 0 Å². The van der Waals surface area contributed by atoms with Crippen molar-refractivity contribution >= 4 is 11.6 Å². The number of aromatic nitrogens is 2. The van der Waals surface area contributed by atoms with Gasteiger partial charge in [-0.3, -0.25) is 0 Å². The number of rotatable bonds is 5. The lowest BCUT2D eigenvalue weighted by atomic mass is 10.1. The fourth-order valence-electron chi connectivity index (χ4n) is 1.31. The maximum absolute atomic E-state index is 6.06. The van der Waals surface area contributed by atoms with Crippen LogP contribution >= 0.6 is 11.6 Å². The highest BCUT2D eigenvalue weighted by molar-refractivity contribution is 6.20. The summed E-state index contributed by atoms with van der Waals surface area (Å²) in [4.78, 5) is 8.40. The minimum absolute atomic E-state index is 0.0232. The third-order valence-electron chi connectivity index (χ3n) is 2.11. The highest BCUT2D eigenvalue weighted by Gasteiger charge is 2.08. The van der Waals surface area contributed by atoms with E-state index < -0.39 is 0 Å². The molecule has 0 aromatic carbocycles. The van der Waals surface area contributed by atoms with Crippen molar-refractivity contribution in [2.45, 2.75) is 31.6 Å². The molecule has 0 spiro atoms. The molecule has 4 heteroatoms. The molecule has 0 aliphatic rings. The topological polar surface area (TPSA) is 35.0 Å². The molecular weight excluding hydrogens is 212 g/mol. The first-order valence-electron chi connectivity index (χ1n) is 5.07. The molecule has 0 aliphatic heterocycles. The van der Waals surface area contributed by atoms with Crippen LogP contribution in [-0.4, -0.2) is 29.1 Å². The summed E-state index contributed by atoms with van der Waals surface area (Å²) in [6, 6.07) is 2.01. The fraction of sp³-hybridized carbons (Fsp3) is 0.636. The van der Waals surface area contributed by atoms with Gasteiger partial charge in [0.15, 0.2) is 0 Å². The quantitative estimate of drug-likeness (QED) is 0.726. The zero-order chi connectivity index (χ0) is 11.3. The first-order valence-corrected chi connectivity index (χ1v) is 5.51. The molecule has 1 aromatic rings. The van der Waals surface area contributed by atoms with E-state index in [0.29, 0.717) is 12.5 Å². The van der Waals surface area contributed by atoms with Crippen LogP contribution in [0.15, 0.2) is 12.4 Å². The Kier molecular flexibility index (Phi) is 4.99. The second kappa shape index (κ2) is 6.03. The van der Waals surface area contributed by atoms with Gasteiger partial charge >= 0.3 is 0 Å². The summed E-state index contributed by atoms with van der Waals surface area (Å²) in [5.74, 6) is 0.419. The van der Waals surface area contributed by atoms with Crippen molar-refractivity contribution in [1.29, 1.82) is 0 Å². The maximum atomic E-state index is 6.06. The largest absolute Gasteiger partial charge is 0.383 e. The van der Waals surface area contributed by atoms with Gasteiger partial charge in [0, 0.05) is 24.9 Å². The smallest absolute Gasteiger partial charge is 0.115 e. The summed E-state index contributed by atoms with van der Waals surface area (Å²) in [5, 5.41) is -0.0232. The molecule has 0 aliphatic carbocycles. The Bertz CT molecular complexity index is 304. The third-order valence-corrected chi connectivity index (χ3v) is 2.39. The second-order valence-corrected chi connectivity index (χ2v) is 4.46. The first kappa shape index (κ1) is 12.4. The van der Waals surface area contributed by atoms with Crippen molar-refractivity contribution in [2.24, 2.45) is 0 Å². The summed E-state index contributed by atoms with van der Waals surface area (Å²) in [5.41, 5.74) is 2.03. The monoisotopic (exact) mass is 228 g/mol. The van der Waals surface area contributed by atoms with Gasteiger partial charge in [-0.25, -0.2) is 9.97 Å². The summed E-state index contributed by atoms with van der Waals surface area (Å²) < 4.78 is 4.98. The standard InChI is InChI=1S/C11H17ClN2O/c1-8(2)11-5-10(13-7-14-11)4-9(12)6-15-3/h5,7-9H,4,6H2,1-3H3. The van der Waals surface area contributed by atoms with Gasteiger partial charge in [0.1, 0.15) is 6.33 Å². The Morgan fingerprint density at radius 3 is 2.73 bits per heavy atom. The van der Waals surface area contributed by atoms with E-state index in [1.807, 2.05) is 6.07 Å². The van der Waals surface area contributed by atoms with Crippen molar-refractivity contribution in [3.8, 4) is 0 Å². The number of nitrogens with zero attached hydrogens (tertiary/aromatic N) is 2. The van der Waals surface area contributed by atoms with E-state index in [2.05, 4.69) is 23.8 Å². The summed E-state index contributed by atoms with van der Waals surface area (Å²) in [6.45, 7) is 4.77. The summed E-state index contributed by atoms with van der Waals surface area (Å²) in [6.07, 6.45) is 2.32. The molecule has 0 radical (unpaired) electrons. The van der Waals surface area contributed by atoms with E-state index in [-0.39, 0.29) is 5.38 Å². The second-order valence-electron chi connectivity index (χ2n) is 3.85. The van der Waals surface area contributed by atoms with Crippen LogP contribution in [0.25, 0.3) is 0 Å². The van der Waals surface area contributed by atoms with Gasteiger partial charge in [-0.05, 0) is 12.0 Å². The number of methoxy groups -OCH3 is 1. The Morgan fingerprint density at radius 1 is 1.40 bits per heavy atom. The Balaban J connectivity index is 2.65. The van der Waals surface area contributed by atoms with Crippen LogP contribution in [-0.2, 0) is 11.2 Å². The van der Waals surface area contributed by atoms with Gasteiger partial charge in [-0.2, -0.15) is 0 Å². The van der Waals surface area contributed by atoms with Crippen molar-refractivity contribution in [1.82, 2.24) is 9.97 Å². The van der Waals surface area contributed by atoms with Crippen molar-refractivity contribution in [3.05, 3.63) is 23.8 Å². The lowest BCUT2D eigenvalue weighted by Crippen LogP contribution is -2.12. The minimum Gasteiger partial charge on any atom is -0.383 e. The van der Waals surface area contributed by atoms with E-state index in [0.717, 1.165) is 17.8 Å². The van der Waals surface area contributed by atoms with Gasteiger partial charge in [-0.15, -0.1) is 11.6 Å². The van der Waals surface area contributed by atoms with Crippen LogP contribution < -0.4 is 0 Å². The highest BCUT2D eigenvalue weighted by Crippen LogP contribution is 2.13. The van der Waals surface area contributed by atoms with Gasteiger partial charge < -0.3 is 4.74 Å². The molecule has 3 nitrogen and oxygen atoms in total. The molecular formula is C11H17ClN2O. The van der Waals surface area contributed by atoms with Crippen LogP contribution in [0.3, 0.4) is 0 Å². The number of hydrogen-bond donors (Lipinski definition) is 0. The summed E-state index contributed by atoms with van der Waals surface area (Å²) in [7, 11) is 1.65. The molecule has 0 N–H and O–H groups in total. The molecule has 1 rings (SSSR count). The van der Waals surface area contributed by atoms with E-state index in [4.69, 9.17) is 16.3 Å². The van der Waals surface area contributed by atoms with E-state index in [1.54, 1.807) is 13.4 Å². The average Bonchev–Trinajstić information content (AvgIpc) is 2.18. The number of alkyl halides is 1. The molecule has 0 amide bonds. The van der Waals surface area contributed by atoms with E-state index in [9.17, 15) is 0 Å². The number of halogens is 1. The number of hydrogen-bond acceptors (Lipinski definition) is 3. The van der Waals surface area contributed by atoms with Gasteiger partial charge in [0.2, 0.25) is 0 Å². The summed E-state index contributed by atoms with van der Waals surface area (Å²) >= 11 is 6.06. The predicted octanol–water partition coefficient (Wildman–Crippen LogP) is 2.40. The first-order chi connectivity index (χ1) is 7.13. The van der Waals surface area contributed by atoms with Crippen LogP contribution in [0.1, 0.15) is 31.2 Å². The molecule has 84 valence electrons. The average molecular weight is 229 g/mol. The van der Waals surface area contributed by atoms with Gasteiger partial charge in [-0.1, -0.05) is 13.8 Å². The Labute approximate surface area is 95.8 Å². The number of ether oxygens (including phenoxy) is 1. The fourth-order valence-corrected chi connectivity index (χ4v) is 1.59. The van der Waals surface area contributed by atoms with Crippen LogP contribution in [0.2, 0.25) is 0 Å². The van der Waals surface area contributed by atoms with Crippen molar-refractivity contribution < 1.29 is 4.74 Å². The van der Waals surface area contributed by atoms with Crippen molar-refractivity contribution in [3.63, 3.8) is 0 Å². The van der Waals surface area contributed by atoms with Gasteiger partial charge in [0.05, 0.1) is 12.0 Å². The molecule has 0 saturated heterocycles.